The first-order chi connectivity index (χ1) is 10.6. The molecule has 0 saturated carbocycles. The van der Waals surface area contributed by atoms with E-state index in [2.05, 4.69) is 20.3 Å². The number of rotatable bonds is 4. The van der Waals surface area contributed by atoms with Crippen LogP contribution in [0.5, 0.6) is 0 Å². The van der Waals surface area contributed by atoms with E-state index in [9.17, 15) is 9.59 Å². The fourth-order valence-electron chi connectivity index (χ4n) is 2.07. The maximum Gasteiger partial charge on any atom is 0.272 e. The predicted molar refractivity (Wildman–Crippen MR) is 81.3 cm³/mol. The molecule has 0 aliphatic rings. The molecule has 0 fully saturated rings. The van der Waals surface area contributed by atoms with Gasteiger partial charge in [0, 0.05) is 24.2 Å². The van der Waals surface area contributed by atoms with Gasteiger partial charge in [-0.1, -0.05) is 12.1 Å². The summed E-state index contributed by atoms with van der Waals surface area (Å²) < 4.78 is 0. The lowest BCUT2D eigenvalue weighted by molar-refractivity contribution is 0.0999. The molecule has 0 radical (unpaired) electrons. The van der Waals surface area contributed by atoms with Crippen LogP contribution in [0.3, 0.4) is 0 Å². The highest BCUT2D eigenvalue weighted by Gasteiger charge is 2.14. The summed E-state index contributed by atoms with van der Waals surface area (Å²) >= 11 is 0. The molecular formula is C15H13N5O2. The second-order valence-corrected chi connectivity index (χ2v) is 4.60. The highest BCUT2D eigenvalue weighted by Crippen LogP contribution is 2.25. The molecule has 0 aliphatic carbocycles. The van der Waals surface area contributed by atoms with Crippen LogP contribution in [-0.2, 0) is 0 Å². The highest BCUT2D eigenvalue weighted by atomic mass is 16.2. The number of nitrogens with zero attached hydrogens (tertiary/aromatic N) is 1. The summed E-state index contributed by atoms with van der Waals surface area (Å²) in [7, 11) is 0. The van der Waals surface area contributed by atoms with E-state index in [1.165, 1.54) is 12.3 Å². The number of imidazole rings is 1. The van der Waals surface area contributed by atoms with Gasteiger partial charge in [0.15, 0.2) is 0 Å². The van der Waals surface area contributed by atoms with Crippen molar-refractivity contribution in [1.82, 2.24) is 15.0 Å². The normalized spacial score (nSPS) is 10.4. The van der Waals surface area contributed by atoms with Gasteiger partial charge in [-0.15, -0.1) is 0 Å². The number of nitrogens with one attached hydrogen (secondary N) is 3. The number of para-hydroxylation sites is 1. The van der Waals surface area contributed by atoms with Crippen molar-refractivity contribution in [3.63, 3.8) is 0 Å². The Morgan fingerprint density at radius 3 is 2.68 bits per heavy atom. The molecule has 22 heavy (non-hydrogen) atoms. The molecule has 0 saturated heterocycles. The van der Waals surface area contributed by atoms with Crippen LogP contribution >= 0.6 is 0 Å². The zero-order chi connectivity index (χ0) is 15.5. The summed E-state index contributed by atoms with van der Waals surface area (Å²) in [5.74, 6) is -0.307. The van der Waals surface area contributed by atoms with Gasteiger partial charge >= 0.3 is 0 Å². The van der Waals surface area contributed by atoms with Gasteiger partial charge in [-0.05, 0) is 18.2 Å². The lowest BCUT2D eigenvalue weighted by Gasteiger charge is -2.08. The van der Waals surface area contributed by atoms with Gasteiger partial charge < -0.3 is 21.0 Å². The minimum absolute atomic E-state index is 0.253. The molecule has 0 spiro atoms. The first-order valence-electron chi connectivity index (χ1n) is 6.53. The summed E-state index contributed by atoms with van der Waals surface area (Å²) in [4.78, 5) is 33.2. The Morgan fingerprint density at radius 1 is 1.18 bits per heavy atom. The van der Waals surface area contributed by atoms with Crippen molar-refractivity contribution >= 4 is 17.5 Å². The van der Waals surface area contributed by atoms with E-state index < -0.39 is 5.91 Å². The molecule has 1 aromatic carbocycles. The van der Waals surface area contributed by atoms with Crippen molar-refractivity contribution in [3.05, 3.63) is 60.2 Å². The molecule has 2 amide bonds. The fourth-order valence-corrected chi connectivity index (χ4v) is 2.07. The summed E-state index contributed by atoms with van der Waals surface area (Å²) in [5, 5.41) is 2.79. The van der Waals surface area contributed by atoms with Gasteiger partial charge in [-0.2, -0.15) is 0 Å². The Hall–Kier alpha value is -3.35. The van der Waals surface area contributed by atoms with Crippen LogP contribution in [0.2, 0.25) is 0 Å². The minimum Gasteiger partial charge on any atom is -0.366 e. The molecule has 0 unspecified atom stereocenters. The van der Waals surface area contributed by atoms with Crippen molar-refractivity contribution in [2.75, 3.05) is 5.32 Å². The van der Waals surface area contributed by atoms with E-state index in [1.54, 1.807) is 18.5 Å². The number of primary amides is 1. The third-order valence-corrected chi connectivity index (χ3v) is 3.14. The molecule has 2 heterocycles. The molecule has 0 atom stereocenters. The van der Waals surface area contributed by atoms with Crippen molar-refractivity contribution in [3.8, 4) is 11.4 Å². The predicted octanol–water partition coefficient (Wildman–Crippen LogP) is 1.76. The second kappa shape index (κ2) is 5.57. The fraction of sp³-hybridized carbons (Fsp3) is 0. The number of carbonyl (C=O) groups excluding carboxylic acids is 2. The highest BCUT2D eigenvalue weighted by molar-refractivity contribution is 6.06. The summed E-state index contributed by atoms with van der Waals surface area (Å²) in [5.41, 5.74) is 7.05. The molecule has 7 heteroatoms. The number of aromatic amines is 2. The molecule has 110 valence electrons. The smallest absolute Gasteiger partial charge is 0.272 e. The lowest BCUT2D eigenvalue weighted by Crippen LogP contribution is -2.13. The Labute approximate surface area is 125 Å². The number of amides is 2. The zero-order valence-corrected chi connectivity index (χ0v) is 11.5. The van der Waals surface area contributed by atoms with Gasteiger partial charge in [0.2, 0.25) is 5.91 Å². The average molecular weight is 295 g/mol. The SMILES string of the molecule is NC(=O)c1c[nH]c(C(=O)Nc2ccccc2-c2ncc[nH]2)c1. The molecule has 3 rings (SSSR count). The standard InChI is InChI=1S/C15H13N5O2/c16-13(21)9-7-12(19-8-9)15(22)20-11-4-2-1-3-10(11)14-17-5-6-18-14/h1-8,19H,(H2,16,21)(H,17,18)(H,20,22). The Morgan fingerprint density at radius 2 is 2.00 bits per heavy atom. The third kappa shape index (κ3) is 2.59. The van der Waals surface area contributed by atoms with E-state index in [0.29, 0.717) is 11.5 Å². The van der Waals surface area contributed by atoms with Crippen LogP contribution in [0.15, 0.2) is 48.9 Å². The number of hydrogen-bond acceptors (Lipinski definition) is 3. The van der Waals surface area contributed by atoms with E-state index in [4.69, 9.17) is 5.73 Å². The first-order valence-corrected chi connectivity index (χ1v) is 6.53. The Bertz CT molecular complexity index is 820. The van der Waals surface area contributed by atoms with Crippen molar-refractivity contribution in [1.29, 1.82) is 0 Å². The first kappa shape index (κ1) is 13.6. The molecule has 3 aromatic rings. The topological polar surface area (TPSA) is 117 Å². The van der Waals surface area contributed by atoms with Crippen LogP contribution < -0.4 is 11.1 Å². The number of aromatic nitrogens is 3. The van der Waals surface area contributed by atoms with Crippen LogP contribution in [0.1, 0.15) is 20.8 Å². The lowest BCUT2D eigenvalue weighted by atomic mass is 10.1. The molecule has 5 N–H and O–H groups in total. The van der Waals surface area contributed by atoms with Gasteiger partial charge in [-0.3, -0.25) is 9.59 Å². The van der Waals surface area contributed by atoms with Crippen LogP contribution in [-0.4, -0.2) is 26.8 Å². The molecule has 2 aromatic heterocycles. The van der Waals surface area contributed by atoms with Crippen molar-refractivity contribution in [2.24, 2.45) is 5.73 Å². The minimum atomic E-state index is -0.591. The van der Waals surface area contributed by atoms with Crippen LogP contribution in [0.25, 0.3) is 11.4 Å². The summed E-state index contributed by atoms with van der Waals surface area (Å²) in [6, 6.07) is 8.69. The van der Waals surface area contributed by atoms with Gasteiger partial charge in [0.1, 0.15) is 11.5 Å². The number of nitrogens with two attached hydrogens (primary N) is 1. The van der Waals surface area contributed by atoms with E-state index in [-0.39, 0.29) is 17.2 Å². The largest absolute Gasteiger partial charge is 0.366 e. The van der Waals surface area contributed by atoms with Crippen molar-refractivity contribution in [2.45, 2.75) is 0 Å². The van der Waals surface area contributed by atoms with Crippen molar-refractivity contribution < 1.29 is 9.59 Å². The van der Waals surface area contributed by atoms with E-state index in [1.807, 2.05) is 18.2 Å². The van der Waals surface area contributed by atoms with Crippen LogP contribution in [0.4, 0.5) is 5.69 Å². The Kier molecular flexibility index (Phi) is 3.45. The third-order valence-electron chi connectivity index (χ3n) is 3.14. The number of carbonyl (C=O) groups is 2. The van der Waals surface area contributed by atoms with Gasteiger partial charge in [-0.25, -0.2) is 4.98 Å². The van der Waals surface area contributed by atoms with Gasteiger partial charge in [0.05, 0.1) is 11.3 Å². The van der Waals surface area contributed by atoms with Gasteiger partial charge in [0.25, 0.3) is 5.91 Å². The molecular weight excluding hydrogens is 282 g/mol. The maximum atomic E-state index is 12.2. The zero-order valence-electron chi connectivity index (χ0n) is 11.5. The number of benzene rings is 1. The summed E-state index contributed by atoms with van der Waals surface area (Å²) in [6.07, 6.45) is 4.74. The van der Waals surface area contributed by atoms with E-state index in [0.717, 1.165) is 5.56 Å². The molecule has 7 nitrogen and oxygen atoms in total. The second-order valence-electron chi connectivity index (χ2n) is 4.60. The molecule has 0 bridgehead atoms. The summed E-state index contributed by atoms with van der Waals surface area (Å²) in [6.45, 7) is 0. The van der Waals surface area contributed by atoms with E-state index >= 15 is 0 Å². The maximum absolute atomic E-state index is 12.2. The quantitative estimate of drug-likeness (QED) is 0.587. The number of H-pyrrole nitrogens is 2. The van der Waals surface area contributed by atoms with Crippen LogP contribution in [0, 0.1) is 0 Å². The number of anilines is 1. The monoisotopic (exact) mass is 295 g/mol. The average Bonchev–Trinajstić information content (AvgIpc) is 3.19. The Balaban J connectivity index is 1.87. The number of hydrogen-bond donors (Lipinski definition) is 4. The molecule has 0 aliphatic heterocycles.